The molecule has 0 saturated carbocycles. The molecule has 0 radical (unpaired) electrons. The first kappa shape index (κ1) is 13.3. The second-order valence-corrected chi connectivity index (χ2v) is 3.74. The van der Waals surface area contributed by atoms with Crippen molar-refractivity contribution >= 4 is 28.9 Å². The van der Waals surface area contributed by atoms with E-state index in [4.69, 9.17) is 0 Å². The van der Waals surface area contributed by atoms with Crippen molar-refractivity contribution in [2.45, 2.75) is 12.6 Å². The first-order valence-corrected chi connectivity index (χ1v) is 4.86. The smallest absolute Gasteiger partial charge is 0.296 e. The lowest BCUT2D eigenvalue weighted by molar-refractivity contribution is -0.138. The summed E-state index contributed by atoms with van der Waals surface area (Å²) in [4.78, 5) is 13.6. The summed E-state index contributed by atoms with van der Waals surface area (Å²) in [5, 5.41) is 0. The van der Waals surface area contributed by atoms with E-state index in [1.165, 1.54) is 22.6 Å². The molecule has 1 aromatic rings. The number of carbonyl (C=O) groups is 1. The van der Waals surface area contributed by atoms with Crippen LogP contribution in [0.15, 0.2) is 6.07 Å². The quantitative estimate of drug-likeness (QED) is 0.354. The van der Waals surface area contributed by atoms with Gasteiger partial charge in [0.25, 0.3) is 6.43 Å². The summed E-state index contributed by atoms with van der Waals surface area (Å²) in [5.74, 6) is 0. The van der Waals surface area contributed by atoms with Crippen LogP contribution in [0.4, 0.5) is 22.0 Å². The maximum Gasteiger partial charge on any atom is 0.418 e. The molecule has 1 rings (SSSR count). The molecule has 8 heteroatoms. The monoisotopic (exact) mass is 351 g/mol. The SMILES string of the molecule is O=Cc1nc(I)c(C(F)F)cc1C(F)(F)F. The normalized spacial score (nSPS) is 11.9. The van der Waals surface area contributed by atoms with Gasteiger partial charge in [0.15, 0.2) is 6.29 Å². The zero-order chi connectivity index (χ0) is 12.5. The average Bonchev–Trinajstić information content (AvgIpc) is 2.14. The number of alkyl halides is 5. The van der Waals surface area contributed by atoms with Crippen LogP contribution in [0.5, 0.6) is 0 Å². The Morgan fingerprint density at radius 1 is 1.38 bits per heavy atom. The molecule has 0 aromatic carbocycles. The van der Waals surface area contributed by atoms with Crippen LogP contribution in [-0.2, 0) is 6.18 Å². The number of rotatable bonds is 2. The van der Waals surface area contributed by atoms with Gasteiger partial charge >= 0.3 is 6.18 Å². The van der Waals surface area contributed by atoms with Crippen molar-refractivity contribution in [3.05, 3.63) is 26.6 Å². The third kappa shape index (κ3) is 2.66. The van der Waals surface area contributed by atoms with Crippen molar-refractivity contribution < 1.29 is 26.7 Å². The lowest BCUT2D eigenvalue weighted by atomic mass is 10.1. The Kier molecular flexibility index (Phi) is 3.81. The van der Waals surface area contributed by atoms with E-state index in [-0.39, 0.29) is 16.1 Å². The zero-order valence-corrected chi connectivity index (χ0v) is 9.51. The molecule has 0 bridgehead atoms. The first-order valence-electron chi connectivity index (χ1n) is 3.78. The van der Waals surface area contributed by atoms with Gasteiger partial charge in [0.1, 0.15) is 9.39 Å². The van der Waals surface area contributed by atoms with Gasteiger partial charge in [0, 0.05) is 0 Å². The number of hydrogen-bond acceptors (Lipinski definition) is 2. The average molecular weight is 351 g/mol. The highest BCUT2D eigenvalue weighted by Gasteiger charge is 2.36. The topological polar surface area (TPSA) is 30.0 Å². The van der Waals surface area contributed by atoms with Gasteiger partial charge in [-0.2, -0.15) is 13.2 Å². The Morgan fingerprint density at radius 2 is 1.94 bits per heavy atom. The number of aromatic nitrogens is 1. The van der Waals surface area contributed by atoms with Crippen molar-refractivity contribution in [1.82, 2.24) is 4.98 Å². The van der Waals surface area contributed by atoms with E-state index in [9.17, 15) is 26.7 Å². The van der Waals surface area contributed by atoms with E-state index < -0.39 is 29.4 Å². The number of carbonyl (C=O) groups excluding carboxylic acids is 1. The van der Waals surface area contributed by atoms with Crippen molar-refractivity contribution in [3.8, 4) is 0 Å². The number of nitrogens with zero attached hydrogens (tertiary/aromatic N) is 1. The summed E-state index contributed by atoms with van der Waals surface area (Å²) in [6.07, 6.45) is -8.06. The second-order valence-electron chi connectivity index (χ2n) is 2.72. The summed E-state index contributed by atoms with van der Waals surface area (Å²) in [6, 6.07) is 0.253. The third-order valence-corrected chi connectivity index (χ3v) is 2.55. The molecule has 0 fully saturated rings. The molecule has 0 aliphatic carbocycles. The predicted molar refractivity (Wildman–Crippen MR) is 52.3 cm³/mol. The van der Waals surface area contributed by atoms with Crippen LogP contribution >= 0.6 is 22.6 Å². The van der Waals surface area contributed by atoms with Crippen LogP contribution in [0.1, 0.15) is 28.0 Å². The fourth-order valence-electron chi connectivity index (χ4n) is 0.989. The fraction of sp³-hybridized carbons (Fsp3) is 0.250. The Bertz CT molecular complexity index is 418. The van der Waals surface area contributed by atoms with E-state index in [0.717, 1.165) is 0 Å². The highest BCUT2D eigenvalue weighted by atomic mass is 127. The molecule has 1 aromatic heterocycles. The minimum Gasteiger partial charge on any atom is -0.296 e. The van der Waals surface area contributed by atoms with Gasteiger partial charge < -0.3 is 0 Å². The molecule has 0 N–H and O–H groups in total. The lowest BCUT2D eigenvalue weighted by Gasteiger charge is -2.11. The van der Waals surface area contributed by atoms with E-state index in [2.05, 4.69) is 4.98 Å². The molecule has 0 aliphatic heterocycles. The Morgan fingerprint density at radius 3 is 2.31 bits per heavy atom. The highest BCUT2D eigenvalue weighted by Crippen LogP contribution is 2.34. The molecule has 0 saturated heterocycles. The maximum absolute atomic E-state index is 12.4. The summed E-state index contributed by atoms with van der Waals surface area (Å²) >= 11 is 1.35. The number of aldehydes is 1. The Hall–Kier alpha value is -0.800. The molecule has 2 nitrogen and oxygen atoms in total. The molecule has 0 atom stereocenters. The van der Waals surface area contributed by atoms with Gasteiger partial charge in [-0.05, 0) is 28.7 Å². The number of halogens is 6. The number of hydrogen-bond donors (Lipinski definition) is 0. The van der Waals surface area contributed by atoms with Gasteiger partial charge in [0.2, 0.25) is 0 Å². The lowest BCUT2D eigenvalue weighted by Crippen LogP contribution is -2.13. The molecule has 1 heterocycles. The molecule has 0 aliphatic rings. The molecule has 0 spiro atoms. The van der Waals surface area contributed by atoms with Crippen molar-refractivity contribution in [1.29, 1.82) is 0 Å². The van der Waals surface area contributed by atoms with Crippen molar-refractivity contribution in [2.75, 3.05) is 0 Å². The zero-order valence-electron chi connectivity index (χ0n) is 7.36. The van der Waals surface area contributed by atoms with Crippen LogP contribution in [0.3, 0.4) is 0 Å². The third-order valence-electron chi connectivity index (χ3n) is 1.68. The minimum absolute atomic E-state index is 0.111. The van der Waals surface area contributed by atoms with E-state index >= 15 is 0 Å². The van der Waals surface area contributed by atoms with Gasteiger partial charge in [-0.3, -0.25) is 4.79 Å². The van der Waals surface area contributed by atoms with Crippen LogP contribution in [0.25, 0.3) is 0 Å². The molecule has 0 amide bonds. The highest BCUT2D eigenvalue weighted by molar-refractivity contribution is 14.1. The minimum atomic E-state index is -4.88. The summed E-state index contributed by atoms with van der Waals surface area (Å²) in [7, 11) is 0. The molecule has 16 heavy (non-hydrogen) atoms. The van der Waals surface area contributed by atoms with Crippen LogP contribution in [-0.4, -0.2) is 11.3 Å². The van der Waals surface area contributed by atoms with Crippen LogP contribution in [0, 0.1) is 3.70 Å². The molecular weight excluding hydrogens is 348 g/mol. The Labute approximate surface area is 100.0 Å². The van der Waals surface area contributed by atoms with Crippen molar-refractivity contribution in [3.63, 3.8) is 0 Å². The predicted octanol–water partition coefficient (Wildman–Crippen LogP) is 3.46. The Balaban J connectivity index is 3.47. The van der Waals surface area contributed by atoms with Crippen LogP contribution in [0.2, 0.25) is 0 Å². The standard InChI is InChI=1S/C8H3F5INO/c9-6(10)3-1-4(8(11,12)13)5(2-16)15-7(3)14/h1-2,6H. The second kappa shape index (κ2) is 4.60. The summed E-state index contributed by atoms with van der Waals surface area (Å²) < 4.78 is 61.4. The molecular formula is C8H3F5INO. The summed E-state index contributed by atoms with van der Waals surface area (Å²) in [5.41, 5.74) is -3.17. The first-order chi connectivity index (χ1) is 7.27. The van der Waals surface area contributed by atoms with Gasteiger partial charge in [-0.15, -0.1) is 0 Å². The van der Waals surface area contributed by atoms with E-state index in [0.29, 0.717) is 0 Å². The fourth-order valence-corrected chi connectivity index (χ4v) is 1.64. The molecule has 88 valence electrons. The van der Waals surface area contributed by atoms with Gasteiger partial charge in [0.05, 0.1) is 11.1 Å². The summed E-state index contributed by atoms with van der Waals surface area (Å²) in [6.45, 7) is 0. The number of pyridine rings is 1. The maximum atomic E-state index is 12.4. The van der Waals surface area contributed by atoms with E-state index in [1.807, 2.05) is 0 Å². The van der Waals surface area contributed by atoms with E-state index in [1.54, 1.807) is 0 Å². The van der Waals surface area contributed by atoms with Gasteiger partial charge in [-0.1, -0.05) is 0 Å². The van der Waals surface area contributed by atoms with Crippen LogP contribution < -0.4 is 0 Å². The van der Waals surface area contributed by atoms with Crippen molar-refractivity contribution in [2.24, 2.45) is 0 Å². The largest absolute Gasteiger partial charge is 0.418 e. The van der Waals surface area contributed by atoms with Gasteiger partial charge in [-0.25, -0.2) is 13.8 Å². The molecule has 0 unspecified atom stereocenters.